The Morgan fingerprint density at radius 1 is 0.857 bits per heavy atom. The van der Waals surface area contributed by atoms with E-state index in [9.17, 15) is 4.79 Å². The molecule has 72 valence electrons. The van der Waals surface area contributed by atoms with E-state index in [1.54, 1.807) is 0 Å². The minimum atomic E-state index is 0. The second-order valence-electron chi connectivity index (χ2n) is 2.40. The van der Waals surface area contributed by atoms with Crippen LogP contribution in [0.3, 0.4) is 0 Å². The average molecular weight is 229 g/mol. The molecule has 1 N–H and O–H groups in total. The van der Waals surface area contributed by atoms with Crippen molar-refractivity contribution in [2.75, 3.05) is 0 Å². The van der Waals surface area contributed by atoms with Gasteiger partial charge < -0.3 is 5.32 Å². The van der Waals surface area contributed by atoms with E-state index in [0.717, 1.165) is 6.04 Å². The summed E-state index contributed by atoms with van der Waals surface area (Å²) in [5, 5.41) is 2.51. The third-order valence-corrected chi connectivity index (χ3v) is 1.44. The number of carbonyl (C=O) groups is 1. The van der Waals surface area contributed by atoms with Gasteiger partial charge in [-0.3, -0.25) is 4.79 Å². The molecule has 0 heterocycles. The van der Waals surface area contributed by atoms with E-state index in [1.165, 1.54) is 0 Å². The average Bonchev–Trinajstić information content (AvgIpc) is 2.79. The molecule has 2 nitrogen and oxygen atoms in total. The van der Waals surface area contributed by atoms with Crippen LogP contribution < -0.4 is 5.32 Å². The maximum Gasteiger partial charge on any atom is 2.00 e. The topological polar surface area (TPSA) is 29.1 Å². The van der Waals surface area contributed by atoms with E-state index < -0.39 is 0 Å². The van der Waals surface area contributed by atoms with E-state index in [-0.39, 0.29) is 17.1 Å². The first-order valence-electron chi connectivity index (χ1n) is 4.02. The number of nitrogens with one attached hydrogen (secondary N) is 1. The van der Waals surface area contributed by atoms with E-state index in [1.807, 2.05) is 57.8 Å². The molecule has 3 heteroatoms. The van der Waals surface area contributed by atoms with Gasteiger partial charge in [-0.1, -0.05) is 0 Å². The Morgan fingerprint density at radius 3 is 1.64 bits per heavy atom. The van der Waals surface area contributed by atoms with Crippen molar-refractivity contribution >= 4 is 6.41 Å². The Labute approximate surface area is 97.7 Å². The minimum Gasteiger partial charge on any atom is -0.350 e. The molecular weight excluding hydrogens is 218 g/mol. The molecule has 2 fully saturated rings. The van der Waals surface area contributed by atoms with Crippen LogP contribution in [-0.2, 0) is 21.9 Å². The zero-order valence-corrected chi connectivity index (χ0v) is 8.64. The fourth-order valence-electron chi connectivity index (χ4n) is 0.859. The predicted molar refractivity (Wildman–Crippen MR) is 51.1 cm³/mol. The molecule has 0 spiro atoms. The molecule has 0 unspecified atom stereocenters. The molecular formula is C11H11FeNO+2. The first-order valence-corrected chi connectivity index (χ1v) is 4.02. The molecule has 0 atom stereocenters. The maximum absolute atomic E-state index is 9.76. The number of amides is 1. The fraction of sp³-hybridized carbons (Fsp3) is 0. The first-order chi connectivity index (χ1) is 6.43. The quantitative estimate of drug-likeness (QED) is 0.557. The Bertz CT molecular complexity index is 124. The van der Waals surface area contributed by atoms with Crippen molar-refractivity contribution in [2.24, 2.45) is 0 Å². The number of carbonyl (C=O) groups excluding carboxylic acids is 1. The van der Waals surface area contributed by atoms with Crippen LogP contribution in [0.5, 0.6) is 0 Å². The van der Waals surface area contributed by atoms with Crippen molar-refractivity contribution < 1.29 is 21.9 Å². The predicted octanol–water partition coefficient (Wildman–Crippen LogP) is 1.11. The Kier molecular flexibility index (Phi) is 9.53. The van der Waals surface area contributed by atoms with E-state index in [0.29, 0.717) is 6.41 Å². The summed E-state index contributed by atoms with van der Waals surface area (Å²) >= 11 is 0. The second-order valence-corrected chi connectivity index (χ2v) is 2.40. The zero-order valence-electron chi connectivity index (χ0n) is 7.54. The van der Waals surface area contributed by atoms with Crippen molar-refractivity contribution in [3.05, 3.63) is 63.8 Å². The van der Waals surface area contributed by atoms with Gasteiger partial charge in [-0.05, 0) is 57.8 Å². The summed E-state index contributed by atoms with van der Waals surface area (Å²) in [7, 11) is 0. The Morgan fingerprint density at radius 2 is 1.29 bits per heavy atom. The Balaban J connectivity index is 0.000000246. The van der Waals surface area contributed by atoms with Crippen LogP contribution in [0, 0.1) is 63.8 Å². The van der Waals surface area contributed by atoms with Gasteiger partial charge in [0.05, 0.1) is 6.04 Å². The number of hydrogen-bond donors (Lipinski definition) is 1. The van der Waals surface area contributed by atoms with Gasteiger partial charge in [-0.25, -0.2) is 0 Å². The molecule has 2 aliphatic carbocycles. The van der Waals surface area contributed by atoms with Gasteiger partial charge in [0.1, 0.15) is 0 Å². The summed E-state index contributed by atoms with van der Waals surface area (Å²) < 4.78 is 0. The van der Waals surface area contributed by atoms with E-state index in [4.69, 9.17) is 0 Å². The van der Waals surface area contributed by atoms with Crippen LogP contribution >= 0.6 is 0 Å². The van der Waals surface area contributed by atoms with Gasteiger partial charge in [-0.2, -0.15) is 0 Å². The smallest absolute Gasteiger partial charge is 0.350 e. The third kappa shape index (κ3) is 6.44. The van der Waals surface area contributed by atoms with Crippen molar-refractivity contribution in [3.8, 4) is 0 Å². The SMILES string of the molecule is O=CN[C]1[CH][CH][CH][CH]1.[CH]1[CH][CH][CH][CH]1.[Fe+2]. The van der Waals surface area contributed by atoms with E-state index >= 15 is 0 Å². The van der Waals surface area contributed by atoms with Gasteiger partial charge in [0, 0.05) is 0 Å². The summed E-state index contributed by atoms with van der Waals surface area (Å²) in [6.45, 7) is 0. The molecule has 10 radical (unpaired) electrons. The standard InChI is InChI=1S/C6H6NO.C5H5.Fe/c8-5-7-6-3-1-2-4-6;1-2-4-5-3-1;/h1-5H,(H,7,8);1-5H;/q;;+2. The number of rotatable bonds is 2. The molecule has 0 saturated heterocycles. The molecule has 0 aromatic rings. The first kappa shape index (κ1) is 14.0. The third-order valence-electron chi connectivity index (χ3n) is 1.44. The molecule has 2 rings (SSSR count). The van der Waals surface area contributed by atoms with Gasteiger partial charge in [0.15, 0.2) is 0 Å². The van der Waals surface area contributed by atoms with Crippen LogP contribution in [0.2, 0.25) is 0 Å². The summed E-state index contributed by atoms with van der Waals surface area (Å²) in [4.78, 5) is 9.76. The molecule has 0 aliphatic heterocycles. The second kappa shape index (κ2) is 9.54. The molecule has 1 amide bonds. The molecule has 0 bridgehead atoms. The van der Waals surface area contributed by atoms with Crippen molar-refractivity contribution in [3.63, 3.8) is 0 Å². The molecule has 2 saturated carbocycles. The van der Waals surface area contributed by atoms with Crippen LogP contribution in [-0.4, -0.2) is 6.41 Å². The summed E-state index contributed by atoms with van der Waals surface area (Å²) in [6, 6.07) is 0.847. The molecule has 2 aliphatic rings. The van der Waals surface area contributed by atoms with Crippen LogP contribution in [0.25, 0.3) is 0 Å². The van der Waals surface area contributed by atoms with Crippen LogP contribution in [0.1, 0.15) is 0 Å². The van der Waals surface area contributed by atoms with Crippen molar-refractivity contribution in [2.45, 2.75) is 0 Å². The van der Waals surface area contributed by atoms with Gasteiger partial charge in [-0.15, -0.1) is 0 Å². The molecule has 14 heavy (non-hydrogen) atoms. The largest absolute Gasteiger partial charge is 2.00 e. The van der Waals surface area contributed by atoms with Gasteiger partial charge >= 0.3 is 17.1 Å². The van der Waals surface area contributed by atoms with Crippen molar-refractivity contribution in [1.29, 1.82) is 0 Å². The summed E-state index contributed by atoms with van der Waals surface area (Å²) in [6.07, 6.45) is 18.1. The van der Waals surface area contributed by atoms with E-state index in [2.05, 4.69) is 5.32 Å². The summed E-state index contributed by atoms with van der Waals surface area (Å²) in [5.74, 6) is 0. The van der Waals surface area contributed by atoms with Crippen molar-refractivity contribution in [1.82, 2.24) is 5.32 Å². The van der Waals surface area contributed by atoms with Gasteiger partial charge in [0.2, 0.25) is 6.41 Å². The fourth-order valence-corrected chi connectivity index (χ4v) is 0.859. The zero-order chi connectivity index (χ0) is 9.36. The van der Waals surface area contributed by atoms with Gasteiger partial charge in [0.25, 0.3) is 0 Å². The summed E-state index contributed by atoms with van der Waals surface area (Å²) in [5.41, 5.74) is 0. The van der Waals surface area contributed by atoms with Crippen LogP contribution in [0.15, 0.2) is 0 Å². The van der Waals surface area contributed by atoms with Crippen LogP contribution in [0.4, 0.5) is 0 Å². The molecule has 0 aromatic heterocycles. The normalized spacial score (nSPS) is 20.6. The minimum absolute atomic E-state index is 0. The maximum atomic E-state index is 9.76. The monoisotopic (exact) mass is 229 g/mol. The number of hydrogen-bond acceptors (Lipinski definition) is 1. The molecule has 0 aromatic carbocycles. The Hall–Kier alpha value is -0.0105.